The van der Waals surface area contributed by atoms with Gasteiger partial charge < -0.3 is 10.0 Å². The highest BCUT2D eigenvalue weighted by Gasteiger charge is 2.12. The van der Waals surface area contributed by atoms with E-state index in [4.69, 9.17) is 28.3 Å². The number of likely N-dealkylation sites (N-methyl/N-ethyl adjacent to an activating group) is 1. The maximum Gasteiger partial charge on any atom is 0.322 e. The fourth-order valence-corrected chi connectivity index (χ4v) is 2.16. The zero-order chi connectivity index (χ0) is 16.3. The van der Waals surface area contributed by atoms with Crippen molar-refractivity contribution in [2.24, 2.45) is 0 Å². The number of amides is 2. The second kappa shape index (κ2) is 7.00. The van der Waals surface area contributed by atoms with Crippen LogP contribution in [0.5, 0.6) is 0 Å². The van der Waals surface area contributed by atoms with E-state index in [0.717, 1.165) is 11.4 Å². The Balaban J connectivity index is 2.21. The van der Waals surface area contributed by atoms with Crippen LogP contribution in [0.4, 0.5) is 10.6 Å². The number of carbonyl (C=O) groups excluding carboxylic acids is 1. The van der Waals surface area contributed by atoms with E-state index in [9.17, 15) is 4.79 Å². The summed E-state index contributed by atoms with van der Waals surface area (Å²) in [5.74, 6) is 0.415. The van der Waals surface area contributed by atoms with Gasteiger partial charge in [-0.25, -0.2) is 9.48 Å². The van der Waals surface area contributed by atoms with Crippen LogP contribution in [0.2, 0.25) is 10.0 Å². The average molecular weight is 343 g/mol. The lowest BCUT2D eigenvalue weighted by atomic mass is 10.3. The summed E-state index contributed by atoms with van der Waals surface area (Å²) >= 11 is 11.9. The smallest absolute Gasteiger partial charge is 0.322 e. The minimum Gasteiger partial charge on any atom is -0.395 e. The molecule has 0 aliphatic heterocycles. The number of nitrogens with zero attached hydrogens (tertiary/aromatic N) is 3. The van der Waals surface area contributed by atoms with Gasteiger partial charge in [0.1, 0.15) is 0 Å². The van der Waals surface area contributed by atoms with Crippen molar-refractivity contribution in [2.45, 2.75) is 6.92 Å². The Morgan fingerprint density at radius 2 is 2.09 bits per heavy atom. The molecule has 0 saturated heterocycles. The Morgan fingerprint density at radius 1 is 1.36 bits per heavy atom. The van der Waals surface area contributed by atoms with Crippen molar-refractivity contribution < 1.29 is 9.90 Å². The summed E-state index contributed by atoms with van der Waals surface area (Å²) in [5, 5.41) is 16.7. The number of aromatic nitrogens is 2. The van der Waals surface area contributed by atoms with Crippen molar-refractivity contribution in [1.29, 1.82) is 0 Å². The highest BCUT2D eigenvalue weighted by Crippen LogP contribution is 2.25. The van der Waals surface area contributed by atoms with Crippen molar-refractivity contribution >= 4 is 35.1 Å². The average Bonchev–Trinajstić information content (AvgIpc) is 2.83. The van der Waals surface area contributed by atoms with Crippen LogP contribution < -0.4 is 5.32 Å². The summed E-state index contributed by atoms with van der Waals surface area (Å²) in [6, 6.07) is 6.58. The number of hydrogen-bond donors (Lipinski definition) is 2. The van der Waals surface area contributed by atoms with Gasteiger partial charge in [-0.15, -0.1) is 5.10 Å². The Bertz CT molecular complexity index is 687. The molecule has 2 N–H and O–H groups in total. The van der Waals surface area contributed by atoms with Crippen molar-refractivity contribution in [3.8, 4) is 5.69 Å². The first-order valence-corrected chi connectivity index (χ1v) is 7.33. The highest BCUT2D eigenvalue weighted by molar-refractivity contribution is 6.42. The number of urea groups is 1. The number of hydrogen-bond acceptors (Lipinski definition) is 3. The molecule has 0 unspecified atom stereocenters. The van der Waals surface area contributed by atoms with Gasteiger partial charge in [0.2, 0.25) is 0 Å². The molecule has 1 aromatic carbocycles. The number of nitrogens with one attached hydrogen (secondary N) is 1. The van der Waals surface area contributed by atoms with Crippen LogP contribution in [0.1, 0.15) is 5.69 Å². The largest absolute Gasteiger partial charge is 0.395 e. The zero-order valence-electron chi connectivity index (χ0n) is 12.2. The van der Waals surface area contributed by atoms with Crippen LogP contribution >= 0.6 is 23.2 Å². The first kappa shape index (κ1) is 16.6. The van der Waals surface area contributed by atoms with Crippen LogP contribution in [0.3, 0.4) is 0 Å². The molecule has 0 atom stereocenters. The summed E-state index contributed by atoms with van der Waals surface area (Å²) in [6.45, 7) is 2.02. The van der Waals surface area contributed by atoms with Crippen LogP contribution in [-0.2, 0) is 0 Å². The van der Waals surface area contributed by atoms with Crippen LogP contribution in [-0.4, -0.2) is 46.0 Å². The molecule has 2 aromatic rings. The number of carbonyl (C=O) groups is 1. The Kier molecular flexibility index (Phi) is 5.28. The van der Waals surface area contributed by atoms with E-state index in [-0.39, 0.29) is 19.2 Å². The third-order valence-corrected chi connectivity index (χ3v) is 3.79. The molecular weight excluding hydrogens is 327 g/mol. The van der Waals surface area contributed by atoms with Crippen molar-refractivity contribution in [2.75, 3.05) is 25.5 Å². The van der Waals surface area contributed by atoms with Crippen LogP contribution in [0, 0.1) is 6.92 Å². The lowest BCUT2D eigenvalue weighted by Gasteiger charge is -2.15. The van der Waals surface area contributed by atoms with Crippen molar-refractivity contribution in [3.05, 3.63) is 40.0 Å². The lowest BCUT2D eigenvalue weighted by Crippen LogP contribution is -2.33. The van der Waals surface area contributed by atoms with E-state index in [1.165, 1.54) is 4.90 Å². The molecule has 0 spiro atoms. The second-order valence-corrected chi connectivity index (χ2v) is 5.57. The van der Waals surface area contributed by atoms with Gasteiger partial charge in [-0.3, -0.25) is 5.32 Å². The molecule has 0 fully saturated rings. The molecule has 22 heavy (non-hydrogen) atoms. The molecule has 1 aromatic heterocycles. The number of aliphatic hydroxyl groups excluding tert-OH is 1. The first-order chi connectivity index (χ1) is 10.4. The molecule has 0 bridgehead atoms. The summed E-state index contributed by atoms with van der Waals surface area (Å²) in [4.78, 5) is 13.2. The van der Waals surface area contributed by atoms with E-state index in [2.05, 4.69) is 10.4 Å². The predicted molar refractivity (Wildman–Crippen MR) is 87.1 cm³/mol. The van der Waals surface area contributed by atoms with Crippen molar-refractivity contribution in [3.63, 3.8) is 0 Å². The number of anilines is 1. The molecule has 118 valence electrons. The van der Waals surface area contributed by atoms with Gasteiger partial charge in [-0.2, -0.15) is 0 Å². The van der Waals surface area contributed by atoms with Gasteiger partial charge in [-0.05, 0) is 25.1 Å². The Hall–Kier alpha value is -1.76. The summed E-state index contributed by atoms with van der Waals surface area (Å²) in [7, 11) is 1.59. The quantitative estimate of drug-likeness (QED) is 0.897. The fourth-order valence-electron chi connectivity index (χ4n) is 1.87. The molecule has 6 nitrogen and oxygen atoms in total. The van der Waals surface area contributed by atoms with E-state index < -0.39 is 0 Å². The predicted octanol–water partition coefficient (Wildman–Crippen LogP) is 2.94. The second-order valence-electron chi connectivity index (χ2n) is 4.76. The molecule has 1 heterocycles. The molecule has 0 saturated carbocycles. The number of aryl methyl sites for hydroxylation is 1. The number of aliphatic hydroxyl groups is 1. The van der Waals surface area contributed by atoms with Crippen molar-refractivity contribution in [1.82, 2.24) is 14.7 Å². The zero-order valence-corrected chi connectivity index (χ0v) is 13.7. The maximum atomic E-state index is 11.9. The first-order valence-electron chi connectivity index (χ1n) is 6.57. The van der Waals surface area contributed by atoms with E-state index in [1.807, 2.05) is 6.92 Å². The third kappa shape index (κ3) is 3.71. The van der Waals surface area contributed by atoms with Crippen LogP contribution in [0.15, 0.2) is 24.3 Å². The standard InChI is InChI=1S/C14H16Cl2N4O2/c1-9-7-13(17-14(22)19(2)5-6-21)18-20(9)10-3-4-11(15)12(16)8-10/h3-4,7-8,21H,5-6H2,1-2H3,(H,17,18,22). The third-order valence-electron chi connectivity index (χ3n) is 3.05. The summed E-state index contributed by atoms with van der Waals surface area (Å²) < 4.78 is 1.66. The van der Waals surface area contributed by atoms with Gasteiger partial charge in [0.25, 0.3) is 0 Å². The molecule has 0 aliphatic rings. The van der Waals surface area contributed by atoms with Gasteiger partial charge in [-0.1, -0.05) is 23.2 Å². The molecule has 8 heteroatoms. The number of halogens is 2. The highest BCUT2D eigenvalue weighted by atomic mass is 35.5. The SMILES string of the molecule is Cc1cc(NC(=O)N(C)CCO)nn1-c1ccc(Cl)c(Cl)c1. The summed E-state index contributed by atoms with van der Waals surface area (Å²) in [6.07, 6.45) is 0. The monoisotopic (exact) mass is 342 g/mol. The van der Waals surface area contributed by atoms with Crippen LogP contribution in [0.25, 0.3) is 5.69 Å². The number of rotatable bonds is 4. The fraction of sp³-hybridized carbons (Fsp3) is 0.286. The minimum atomic E-state index is -0.340. The topological polar surface area (TPSA) is 70.4 Å². The van der Waals surface area contributed by atoms with Gasteiger partial charge in [0.05, 0.1) is 22.3 Å². The van der Waals surface area contributed by atoms with E-state index >= 15 is 0 Å². The van der Waals surface area contributed by atoms with Gasteiger partial charge >= 0.3 is 6.03 Å². The molecule has 2 rings (SSSR count). The summed E-state index contributed by atoms with van der Waals surface area (Å²) in [5.41, 5.74) is 1.58. The lowest BCUT2D eigenvalue weighted by molar-refractivity contribution is 0.202. The molecular formula is C14H16Cl2N4O2. The molecule has 0 radical (unpaired) electrons. The maximum absolute atomic E-state index is 11.9. The van der Waals surface area contributed by atoms with E-state index in [1.54, 1.807) is 36.0 Å². The van der Waals surface area contributed by atoms with Gasteiger partial charge in [0.15, 0.2) is 5.82 Å². The molecule has 0 aliphatic carbocycles. The Morgan fingerprint density at radius 3 is 2.73 bits per heavy atom. The minimum absolute atomic E-state index is 0.0966. The van der Waals surface area contributed by atoms with E-state index in [0.29, 0.717) is 15.9 Å². The molecule has 2 amide bonds. The Labute approximate surface area is 138 Å². The number of benzene rings is 1. The van der Waals surface area contributed by atoms with Gasteiger partial charge in [0, 0.05) is 25.4 Å². The normalized spacial score (nSPS) is 10.6.